The molecular formula is C13H17N3O2. The maximum absolute atomic E-state index is 11.4. The van der Waals surface area contributed by atoms with Gasteiger partial charge in [-0.25, -0.2) is 0 Å². The molecule has 2 rings (SSSR count). The Morgan fingerprint density at radius 3 is 3.00 bits per heavy atom. The fourth-order valence-electron chi connectivity index (χ4n) is 2.01. The van der Waals surface area contributed by atoms with Gasteiger partial charge in [0.2, 0.25) is 11.8 Å². The van der Waals surface area contributed by atoms with Gasteiger partial charge in [-0.2, -0.15) is 0 Å². The number of nitrogens with two attached hydrogens (primary N) is 1. The number of nitrogens with one attached hydrogen (secondary N) is 2. The minimum absolute atomic E-state index is 0.0497. The van der Waals surface area contributed by atoms with Crippen molar-refractivity contribution in [3.63, 3.8) is 0 Å². The van der Waals surface area contributed by atoms with E-state index in [9.17, 15) is 9.59 Å². The number of aryl methyl sites for hydroxylation is 1. The van der Waals surface area contributed by atoms with Crippen LogP contribution in [0.3, 0.4) is 0 Å². The summed E-state index contributed by atoms with van der Waals surface area (Å²) in [5, 5.41) is 5.65. The minimum Gasteiger partial charge on any atom is -0.330 e. The van der Waals surface area contributed by atoms with Gasteiger partial charge < -0.3 is 16.4 Å². The number of anilines is 2. The Labute approximate surface area is 106 Å². The van der Waals surface area contributed by atoms with Gasteiger partial charge in [0, 0.05) is 30.8 Å². The standard InChI is InChI=1S/C13H17N3O2/c14-7-6-13(18)15-10-4-5-11-9(8-10)2-1-3-12(17)16-11/h4-5,8H,1-3,6-7,14H2,(H,15,18)(H,16,17). The highest BCUT2D eigenvalue weighted by atomic mass is 16.2. The maximum atomic E-state index is 11.4. The van der Waals surface area contributed by atoms with Crippen molar-refractivity contribution in [1.29, 1.82) is 0 Å². The summed E-state index contributed by atoms with van der Waals surface area (Å²) in [6, 6.07) is 5.53. The van der Waals surface area contributed by atoms with Crippen LogP contribution in [0.15, 0.2) is 18.2 Å². The zero-order valence-corrected chi connectivity index (χ0v) is 10.2. The second-order valence-corrected chi connectivity index (χ2v) is 4.36. The molecule has 1 aromatic carbocycles. The number of fused-ring (bicyclic) bond motifs is 1. The van der Waals surface area contributed by atoms with Gasteiger partial charge in [0.05, 0.1) is 0 Å². The van der Waals surface area contributed by atoms with Gasteiger partial charge in [-0.15, -0.1) is 0 Å². The van der Waals surface area contributed by atoms with E-state index in [-0.39, 0.29) is 11.8 Å². The van der Waals surface area contributed by atoms with Gasteiger partial charge in [0.25, 0.3) is 0 Å². The van der Waals surface area contributed by atoms with E-state index in [4.69, 9.17) is 5.73 Å². The molecule has 1 aromatic rings. The van der Waals surface area contributed by atoms with Gasteiger partial charge in [0.1, 0.15) is 0 Å². The van der Waals surface area contributed by atoms with Crippen LogP contribution in [0.4, 0.5) is 11.4 Å². The smallest absolute Gasteiger partial charge is 0.225 e. The van der Waals surface area contributed by atoms with Crippen molar-refractivity contribution in [1.82, 2.24) is 0 Å². The SMILES string of the molecule is NCCC(=O)Nc1ccc2c(c1)CCCC(=O)N2. The summed E-state index contributed by atoms with van der Waals surface area (Å²) < 4.78 is 0. The molecule has 1 aliphatic heterocycles. The second-order valence-electron chi connectivity index (χ2n) is 4.36. The van der Waals surface area contributed by atoms with Crippen molar-refractivity contribution in [3.05, 3.63) is 23.8 Å². The molecule has 2 amide bonds. The monoisotopic (exact) mass is 247 g/mol. The zero-order valence-electron chi connectivity index (χ0n) is 10.2. The van der Waals surface area contributed by atoms with Crippen molar-refractivity contribution >= 4 is 23.2 Å². The lowest BCUT2D eigenvalue weighted by molar-refractivity contribution is -0.116. The van der Waals surface area contributed by atoms with Crippen LogP contribution in [-0.2, 0) is 16.0 Å². The van der Waals surface area contributed by atoms with Crippen molar-refractivity contribution in [3.8, 4) is 0 Å². The summed E-state index contributed by atoms with van der Waals surface area (Å²) in [7, 11) is 0. The third-order valence-electron chi connectivity index (χ3n) is 2.88. The molecule has 0 aromatic heterocycles. The Morgan fingerprint density at radius 2 is 2.22 bits per heavy atom. The summed E-state index contributed by atoms with van der Waals surface area (Å²) in [5.41, 5.74) is 7.98. The normalized spacial score (nSPS) is 14.4. The molecule has 0 aliphatic carbocycles. The van der Waals surface area contributed by atoms with Crippen LogP contribution in [0.25, 0.3) is 0 Å². The van der Waals surface area contributed by atoms with Crippen LogP contribution in [0.1, 0.15) is 24.8 Å². The van der Waals surface area contributed by atoms with Gasteiger partial charge in [-0.1, -0.05) is 0 Å². The van der Waals surface area contributed by atoms with Crippen LogP contribution >= 0.6 is 0 Å². The predicted molar refractivity (Wildman–Crippen MR) is 70.3 cm³/mol. The highest BCUT2D eigenvalue weighted by Gasteiger charge is 2.13. The van der Waals surface area contributed by atoms with E-state index in [0.29, 0.717) is 19.4 Å². The molecule has 1 heterocycles. The molecule has 4 N–H and O–H groups in total. The Bertz CT molecular complexity index is 471. The largest absolute Gasteiger partial charge is 0.330 e. The van der Waals surface area contributed by atoms with E-state index in [1.54, 1.807) is 6.07 Å². The lowest BCUT2D eigenvalue weighted by Gasteiger charge is -2.10. The molecule has 0 spiro atoms. The molecule has 0 radical (unpaired) electrons. The molecule has 0 unspecified atom stereocenters. The number of carbonyl (C=O) groups excluding carboxylic acids is 2. The van der Waals surface area contributed by atoms with Crippen molar-refractivity contribution in [2.75, 3.05) is 17.2 Å². The first-order valence-electron chi connectivity index (χ1n) is 6.12. The molecular weight excluding hydrogens is 230 g/mol. The average Bonchev–Trinajstić information content (AvgIpc) is 2.50. The number of benzene rings is 1. The zero-order chi connectivity index (χ0) is 13.0. The summed E-state index contributed by atoms with van der Waals surface area (Å²) in [6.45, 7) is 0.340. The Kier molecular flexibility index (Phi) is 3.94. The van der Waals surface area contributed by atoms with Gasteiger partial charge in [0.15, 0.2) is 0 Å². The van der Waals surface area contributed by atoms with E-state index in [1.165, 1.54) is 0 Å². The van der Waals surface area contributed by atoms with Crippen LogP contribution in [0, 0.1) is 0 Å². The molecule has 0 fully saturated rings. The molecule has 0 saturated heterocycles. The van der Waals surface area contributed by atoms with Crippen molar-refractivity contribution < 1.29 is 9.59 Å². The molecule has 0 saturated carbocycles. The molecule has 0 bridgehead atoms. The first-order valence-corrected chi connectivity index (χ1v) is 6.12. The summed E-state index contributed by atoms with van der Waals surface area (Å²) in [5.74, 6) is -0.0382. The average molecular weight is 247 g/mol. The molecule has 18 heavy (non-hydrogen) atoms. The highest BCUT2D eigenvalue weighted by molar-refractivity contribution is 5.94. The van der Waals surface area contributed by atoms with Crippen LogP contribution in [0.2, 0.25) is 0 Å². The highest BCUT2D eigenvalue weighted by Crippen LogP contribution is 2.25. The lowest BCUT2D eigenvalue weighted by Crippen LogP contribution is -2.16. The van der Waals surface area contributed by atoms with Crippen LogP contribution < -0.4 is 16.4 Å². The second kappa shape index (κ2) is 5.64. The van der Waals surface area contributed by atoms with Gasteiger partial charge >= 0.3 is 0 Å². The number of amides is 2. The fraction of sp³-hybridized carbons (Fsp3) is 0.385. The van der Waals surface area contributed by atoms with Crippen LogP contribution in [0.5, 0.6) is 0 Å². The molecule has 1 aliphatic rings. The summed E-state index contributed by atoms with van der Waals surface area (Å²) in [6.07, 6.45) is 2.53. The third kappa shape index (κ3) is 3.07. The van der Waals surface area contributed by atoms with E-state index in [1.807, 2.05) is 12.1 Å². The fourth-order valence-corrected chi connectivity index (χ4v) is 2.01. The molecule has 0 atom stereocenters. The molecule has 5 nitrogen and oxygen atoms in total. The summed E-state index contributed by atoms with van der Waals surface area (Å²) in [4.78, 5) is 22.8. The van der Waals surface area contributed by atoms with E-state index < -0.39 is 0 Å². The molecule has 96 valence electrons. The first-order chi connectivity index (χ1) is 8.69. The quantitative estimate of drug-likeness (QED) is 0.751. The number of rotatable bonds is 3. The van der Waals surface area contributed by atoms with Gasteiger partial charge in [-0.05, 0) is 36.6 Å². The topological polar surface area (TPSA) is 84.2 Å². The number of hydrogen-bond acceptors (Lipinski definition) is 3. The lowest BCUT2D eigenvalue weighted by atomic mass is 10.1. The number of carbonyl (C=O) groups is 2. The van der Waals surface area contributed by atoms with Crippen molar-refractivity contribution in [2.45, 2.75) is 25.7 Å². The molecule has 5 heteroatoms. The number of hydrogen-bond donors (Lipinski definition) is 3. The third-order valence-corrected chi connectivity index (χ3v) is 2.88. The van der Waals surface area contributed by atoms with E-state index in [0.717, 1.165) is 29.8 Å². The summed E-state index contributed by atoms with van der Waals surface area (Å²) >= 11 is 0. The Morgan fingerprint density at radius 1 is 1.39 bits per heavy atom. The van der Waals surface area contributed by atoms with Crippen molar-refractivity contribution in [2.24, 2.45) is 5.73 Å². The minimum atomic E-state index is -0.0879. The van der Waals surface area contributed by atoms with E-state index in [2.05, 4.69) is 10.6 Å². The Balaban J connectivity index is 2.14. The first kappa shape index (κ1) is 12.6. The Hall–Kier alpha value is -1.88. The van der Waals surface area contributed by atoms with Gasteiger partial charge in [-0.3, -0.25) is 9.59 Å². The maximum Gasteiger partial charge on any atom is 0.225 e. The van der Waals surface area contributed by atoms with Crippen LogP contribution in [-0.4, -0.2) is 18.4 Å². The van der Waals surface area contributed by atoms with E-state index >= 15 is 0 Å². The predicted octanol–water partition coefficient (Wildman–Crippen LogP) is 1.25.